The zero-order valence-electron chi connectivity index (χ0n) is 50.9. The number of carbonyl (C=O) groups is 2. The van der Waals surface area contributed by atoms with Crippen LogP contribution in [0.3, 0.4) is 0 Å². The lowest BCUT2D eigenvalue weighted by molar-refractivity contribution is 0.101. The van der Waals surface area contributed by atoms with Gasteiger partial charge in [-0.15, -0.1) is 25.6 Å². The lowest BCUT2D eigenvalue weighted by atomic mass is 10.0. The number of aromatic amines is 2. The van der Waals surface area contributed by atoms with E-state index >= 15 is 0 Å². The Labute approximate surface area is 561 Å². The molecule has 0 aliphatic heterocycles. The number of hydrogen-bond acceptors (Lipinski definition) is 18. The molecule has 0 atom stereocenters. The molecule has 0 saturated carbocycles. The lowest BCUT2D eigenvalue weighted by Crippen LogP contribution is -2.12. The Balaban J connectivity index is 0.000000152. The Morgan fingerprint density at radius 2 is 0.939 bits per heavy atom. The van der Waals surface area contributed by atoms with E-state index in [2.05, 4.69) is 51.3 Å². The molecule has 0 bridgehead atoms. The van der Waals surface area contributed by atoms with Crippen molar-refractivity contribution in [2.24, 2.45) is 30.7 Å². The van der Waals surface area contributed by atoms with Gasteiger partial charge in [0.15, 0.2) is 11.5 Å². The fourth-order valence-electron chi connectivity index (χ4n) is 10.2. The first-order valence-electron chi connectivity index (χ1n) is 28.9. The van der Waals surface area contributed by atoms with Gasteiger partial charge >= 0.3 is 5.69 Å². The van der Waals surface area contributed by atoms with Gasteiger partial charge in [-0.05, 0) is 138 Å². The second kappa shape index (κ2) is 27.8. The summed E-state index contributed by atoms with van der Waals surface area (Å²) in [6.45, 7) is 3.26. The molecule has 12 aromatic carbocycles. The maximum absolute atomic E-state index is 13.3. The molecule has 2 amide bonds. The van der Waals surface area contributed by atoms with Gasteiger partial charge in [0, 0.05) is 37.9 Å². The van der Waals surface area contributed by atoms with Gasteiger partial charge in [-0.25, -0.2) is 4.79 Å². The number of hydrogen-bond donors (Lipinski definition) is 10. The number of aromatic nitrogens is 2. The monoisotopic (exact) mass is 1390 g/mol. The molecule has 0 fully saturated rings. The molecule has 29 heteroatoms. The fraction of sp³-hybridized carbons (Fsp3) is 0.0290. The molecule has 1 heterocycles. The summed E-state index contributed by atoms with van der Waals surface area (Å²) in [5.74, 6) is -2.08. The zero-order chi connectivity index (χ0) is 69.8. The summed E-state index contributed by atoms with van der Waals surface area (Å²) in [5, 5.41) is 67.8. The summed E-state index contributed by atoms with van der Waals surface area (Å²) in [7, 11) is -13.4. The number of aryl methyl sites for hydroxylation is 2. The van der Waals surface area contributed by atoms with E-state index in [4.69, 9.17) is 16.2 Å². The van der Waals surface area contributed by atoms with Crippen LogP contribution in [0.1, 0.15) is 31.8 Å². The molecule has 0 radical (unpaired) electrons. The summed E-state index contributed by atoms with van der Waals surface area (Å²) in [5.41, 5.74) is 2.89. The van der Waals surface area contributed by atoms with Crippen molar-refractivity contribution in [1.82, 2.24) is 9.97 Å². The molecule has 492 valence electrons. The van der Waals surface area contributed by atoms with Crippen LogP contribution >= 0.6 is 11.6 Å². The largest absolute Gasteiger partial charge is 0.506 e. The maximum Gasteiger partial charge on any atom is 0.323 e. The smallest absolute Gasteiger partial charge is 0.323 e. The fourth-order valence-corrected chi connectivity index (χ4v) is 12.2. The van der Waals surface area contributed by atoms with E-state index in [9.17, 15) is 64.1 Å². The molecular formula is C69H51ClN10O15S3. The number of nitrogens with one attached hydrogen (secondary N) is 4. The molecule has 0 saturated heterocycles. The summed E-state index contributed by atoms with van der Waals surface area (Å²) in [6, 6.07) is 57.3. The van der Waals surface area contributed by atoms with Gasteiger partial charge in [-0.2, -0.15) is 30.4 Å². The summed E-state index contributed by atoms with van der Waals surface area (Å²) in [6.07, 6.45) is 0. The maximum atomic E-state index is 13.3. The predicted octanol–water partition coefficient (Wildman–Crippen LogP) is 16.7. The number of phenols is 3. The van der Waals surface area contributed by atoms with E-state index < -0.39 is 57.7 Å². The minimum absolute atomic E-state index is 0.0253. The van der Waals surface area contributed by atoms with E-state index in [0.717, 1.165) is 16.2 Å². The highest BCUT2D eigenvalue weighted by molar-refractivity contribution is 7.86. The number of aromatic hydroxyl groups is 3. The van der Waals surface area contributed by atoms with Crippen LogP contribution in [0, 0.1) is 13.8 Å². The van der Waals surface area contributed by atoms with E-state index in [0.29, 0.717) is 60.5 Å². The van der Waals surface area contributed by atoms with Gasteiger partial charge in [-0.1, -0.05) is 133 Å². The third kappa shape index (κ3) is 15.1. The van der Waals surface area contributed by atoms with Crippen molar-refractivity contribution >= 4 is 153 Å². The number of azo groups is 3. The quantitative estimate of drug-likeness (QED) is 0.0379. The SMILES string of the molecule is Cc1cc(S(=O)(=O)O)c(N=Nc2c(O)ccc3ccccc23)cc1Cl.Cc1ccc(N=Nc2c(O)c(C(=O)Nc3ccc4[nH]c(=O)[nH]c4c3)cc3ccccc23)c(S(=O)(=O)O)c1.O=C(Nc1cccc2ccccc12)c1cc2ccccc2c(N=Nc2ccc(S(=O)(=O)O)cc2)c1O. The Morgan fingerprint density at radius 3 is 1.54 bits per heavy atom. The van der Waals surface area contributed by atoms with Crippen molar-refractivity contribution in [3.8, 4) is 17.2 Å². The van der Waals surface area contributed by atoms with Crippen molar-refractivity contribution in [1.29, 1.82) is 0 Å². The Bertz CT molecular complexity index is 5910. The third-order valence-electron chi connectivity index (χ3n) is 15.0. The Kier molecular flexibility index (Phi) is 19.2. The molecular weight excluding hydrogens is 1340 g/mol. The number of rotatable bonds is 13. The number of fused-ring (bicyclic) bond motifs is 5. The summed E-state index contributed by atoms with van der Waals surface area (Å²) in [4.78, 5) is 42.0. The van der Waals surface area contributed by atoms with Crippen molar-refractivity contribution in [3.63, 3.8) is 0 Å². The molecule has 98 heavy (non-hydrogen) atoms. The zero-order valence-corrected chi connectivity index (χ0v) is 54.1. The third-order valence-corrected chi connectivity index (χ3v) is 18.0. The first kappa shape index (κ1) is 67.5. The van der Waals surface area contributed by atoms with Gasteiger partial charge in [0.2, 0.25) is 0 Å². The van der Waals surface area contributed by atoms with Gasteiger partial charge in [0.25, 0.3) is 42.2 Å². The molecule has 13 aromatic rings. The number of imidazole rings is 1. The topological polar surface area (TPSA) is 405 Å². The van der Waals surface area contributed by atoms with Gasteiger partial charge in [-0.3, -0.25) is 23.2 Å². The van der Waals surface area contributed by atoms with Crippen molar-refractivity contribution in [2.45, 2.75) is 28.5 Å². The van der Waals surface area contributed by atoms with Gasteiger partial charge < -0.3 is 35.9 Å². The molecule has 0 aliphatic rings. The van der Waals surface area contributed by atoms with E-state index in [1.807, 2.05) is 48.5 Å². The number of nitrogens with zero attached hydrogens (tertiary/aromatic N) is 6. The lowest BCUT2D eigenvalue weighted by Gasteiger charge is -2.12. The minimum Gasteiger partial charge on any atom is -0.506 e. The number of halogens is 1. The molecule has 13 rings (SSSR count). The van der Waals surface area contributed by atoms with Crippen LogP contribution < -0.4 is 16.3 Å². The van der Waals surface area contributed by atoms with Crippen LogP contribution in [0.25, 0.3) is 54.1 Å². The standard InChI is InChI=1S/C27H19N3O5S.C25H19N5O6S.C17H13ClN2O4S/c31-26-23(27(32)28-24-11-5-8-17-6-1-3-9-21(17)24)16-18-7-2-4-10-22(18)25(26)30-29-19-12-14-20(15-13-19)36(33,34)35;1-13-6-8-19(21(10-13)37(34,35)36)29-30-22-16-5-3-2-4-14(16)11-17(23(22)31)24(32)26-15-7-9-18-20(12-15)28-25(33)27-18;1-10-8-16(25(22,23)24)14(9-13(10)18)19-20-17-12-5-3-2-4-11(12)6-7-15(17)21/h1-16,31H,(H,28,32)(H,33,34,35);2-12,31H,1H3,(H,26,32)(H2,27,28,33)(H,34,35,36);2-9,21H,1H3,(H,22,23,24). The highest BCUT2D eigenvalue weighted by atomic mass is 35.5. The average Bonchev–Trinajstić information content (AvgIpc) is 0.822. The van der Waals surface area contributed by atoms with Gasteiger partial charge in [0.1, 0.15) is 44.0 Å². The number of anilines is 2. The first-order valence-corrected chi connectivity index (χ1v) is 33.6. The predicted molar refractivity (Wildman–Crippen MR) is 371 cm³/mol. The van der Waals surface area contributed by atoms with Crippen LogP contribution in [-0.2, 0) is 30.4 Å². The van der Waals surface area contributed by atoms with Crippen LogP contribution in [0.15, 0.2) is 262 Å². The van der Waals surface area contributed by atoms with Crippen LogP contribution in [-0.4, -0.2) is 76.0 Å². The molecule has 25 nitrogen and oxygen atoms in total. The first-order chi connectivity index (χ1) is 46.7. The second-order valence-electron chi connectivity index (χ2n) is 21.7. The number of phenolic OH excluding ortho intramolecular Hbond substituents is 3. The molecule has 0 aliphatic carbocycles. The van der Waals surface area contributed by atoms with Crippen molar-refractivity contribution < 1.29 is 63.8 Å². The molecule has 1 aromatic heterocycles. The number of benzene rings is 12. The highest BCUT2D eigenvalue weighted by Gasteiger charge is 2.24. The van der Waals surface area contributed by atoms with E-state index in [1.54, 1.807) is 117 Å². The number of carbonyl (C=O) groups excluding carboxylic acids is 2. The van der Waals surface area contributed by atoms with E-state index in [1.165, 1.54) is 60.7 Å². The average molecular weight is 1390 g/mol. The summed E-state index contributed by atoms with van der Waals surface area (Å²) < 4.78 is 97.4. The normalized spacial score (nSPS) is 11.9. The van der Waals surface area contributed by atoms with E-state index in [-0.39, 0.29) is 72.4 Å². The van der Waals surface area contributed by atoms with Gasteiger partial charge in [0.05, 0.1) is 32.7 Å². The highest BCUT2D eigenvalue weighted by Crippen LogP contribution is 2.43. The summed E-state index contributed by atoms with van der Waals surface area (Å²) >= 11 is 6.02. The minimum atomic E-state index is -4.59. The van der Waals surface area contributed by atoms with Crippen LogP contribution in [0.2, 0.25) is 5.02 Å². The Hall–Kier alpha value is -11.9. The number of amides is 2. The molecule has 0 spiro atoms. The Morgan fingerprint density at radius 1 is 0.439 bits per heavy atom. The number of H-pyrrole nitrogens is 2. The van der Waals surface area contributed by atoms with Crippen LogP contribution in [0.5, 0.6) is 17.2 Å². The van der Waals surface area contributed by atoms with Crippen LogP contribution in [0.4, 0.5) is 45.5 Å². The molecule has 10 N–H and O–H groups in total. The van der Waals surface area contributed by atoms with Crippen molar-refractivity contribution in [3.05, 3.63) is 250 Å². The molecule has 0 unspecified atom stereocenters. The van der Waals surface area contributed by atoms with Crippen molar-refractivity contribution in [2.75, 3.05) is 10.6 Å². The second-order valence-corrected chi connectivity index (χ2v) is 26.3.